The van der Waals surface area contributed by atoms with Gasteiger partial charge in [0, 0.05) is 0 Å². The fourth-order valence-corrected chi connectivity index (χ4v) is 4.96. The minimum Gasteiger partial charge on any atom is -0.271 e. The van der Waals surface area contributed by atoms with Crippen molar-refractivity contribution in [2.75, 3.05) is 10.8 Å². The minimum atomic E-state index is -3.97. The van der Waals surface area contributed by atoms with Gasteiger partial charge >= 0.3 is 0 Å². The predicted molar refractivity (Wildman–Crippen MR) is 138 cm³/mol. The van der Waals surface area contributed by atoms with E-state index in [1.54, 1.807) is 36.4 Å². The second kappa shape index (κ2) is 10.7. The van der Waals surface area contributed by atoms with Crippen molar-refractivity contribution in [1.29, 1.82) is 0 Å². The summed E-state index contributed by atoms with van der Waals surface area (Å²) >= 11 is 0. The molecule has 0 radical (unpaired) electrons. The van der Waals surface area contributed by atoms with Crippen molar-refractivity contribution >= 4 is 27.8 Å². The van der Waals surface area contributed by atoms with E-state index in [-0.39, 0.29) is 4.90 Å². The molecule has 3 rings (SSSR count). The Hall–Kier alpha value is -3.45. The Labute approximate surface area is 202 Å². The van der Waals surface area contributed by atoms with Crippen LogP contribution in [0.25, 0.3) is 0 Å². The van der Waals surface area contributed by atoms with E-state index in [4.69, 9.17) is 0 Å². The number of aryl methyl sites for hydroxylation is 3. The number of benzene rings is 3. The van der Waals surface area contributed by atoms with Crippen LogP contribution in [-0.4, -0.2) is 27.1 Å². The number of carbonyl (C=O) groups excluding carboxylic acids is 1. The molecule has 34 heavy (non-hydrogen) atoms. The van der Waals surface area contributed by atoms with Crippen molar-refractivity contribution < 1.29 is 13.2 Å². The van der Waals surface area contributed by atoms with Gasteiger partial charge in [0.1, 0.15) is 6.54 Å². The maximum absolute atomic E-state index is 13.5. The van der Waals surface area contributed by atoms with E-state index in [0.29, 0.717) is 11.6 Å². The molecule has 7 heteroatoms. The van der Waals surface area contributed by atoms with Crippen LogP contribution in [0.4, 0.5) is 5.69 Å². The number of hydrogen-bond acceptors (Lipinski definition) is 4. The minimum absolute atomic E-state index is 0.124. The maximum Gasteiger partial charge on any atom is 0.264 e. The summed E-state index contributed by atoms with van der Waals surface area (Å²) in [6.07, 6.45) is 1.54. The molecule has 0 atom stereocenters. The Balaban J connectivity index is 1.83. The van der Waals surface area contributed by atoms with Gasteiger partial charge in [-0.2, -0.15) is 5.10 Å². The molecular weight excluding hydrogens is 446 g/mol. The van der Waals surface area contributed by atoms with Crippen molar-refractivity contribution in [3.05, 3.63) is 94.5 Å². The zero-order chi connectivity index (χ0) is 24.9. The summed E-state index contributed by atoms with van der Waals surface area (Å²) in [6, 6.07) is 19.9. The third-order valence-electron chi connectivity index (χ3n) is 5.40. The lowest BCUT2D eigenvalue weighted by molar-refractivity contribution is -0.119. The molecular formula is C27H31N3O3S. The van der Waals surface area contributed by atoms with Gasteiger partial charge in [-0.3, -0.25) is 9.10 Å². The van der Waals surface area contributed by atoms with Gasteiger partial charge in [-0.05, 0) is 73.2 Å². The number of hydrazone groups is 1. The zero-order valence-corrected chi connectivity index (χ0v) is 21.1. The Bertz CT molecular complexity index is 1260. The smallest absolute Gasteiger partial charge is 0.264 e. The average Bonchev–Trinajstić information content (AvgIpc) is 2.77. The first-order valence-electron chi connectivity index (χ1n) is 11.2. The van der Waals surface area contributed by atoms with Crippen LogP contribution in [0.1, 0.15) is 47.6 Å². The fraction of sp³-hybridized carbons (Fsp3) is 0.259. The molecule has 0 bridgehead atoms. The number of amides is 1. The molecule has 0 saturated carbocycles. The highest BCUT2D eigenvalue weighted by Gasteiger charge is 2.27. The van der Waals surface area contributed by atoms with Crippen LogP contribution < -0.4 is 9.73 Å². The summed E-state index contributed by atoms with van der Waals surface area (Å²) in [6.45, 7) is 9.51. The summed E-state index contributed by atoms with van der Waals surface area (Å²) < 4.78 is 28.1. The highest BCUT2D eigenvalue weighted by molar-refractivity contribution is 7.92. The fourth-order valence-electron chi connectivity index (χ4n) is 3.56. The first kappa shape index (κ1) is 25.2. The van der Waals surface area contributed by atoms with Crippen molar-refractivity contribution in [1.82, 2.24) is 5.43 Å². The van der Waals surface area contributed by atoms with E-state index >= 15 is 0 Å². The van der Waals surface area contributed by atoms with E-state index in [9.17, 15) is 13.2 Å². The first-order chi connectivity index (χ1) is 16.1. The molecule has 0 aliphatic heterocycles. The monoisotopic (exact) mass is 477 g/mol. The van der Waals surface area contributed by atoms with Crippen molar-refractivity contribution in [3.8, 4) is 0 Å². The van der Waals surface area contributed by atoms with Crippen LogP contribution in [0.3, 0.4) is 0 Å². The summed E-state index contributed by atoms with van der Waals surface area (Å²) in [4.78, 5) is 12.9. The molecule has 0 aliphatic carbocycles. The molecule has 0 aromatic heterocycles. The first-order valence-corrected chi connectivity index (χ1v) is 12.6. The predicted octanol–water partition coefficient (Wildman–Crippen LogP) is 5.08. The Morgan fingerprint density at radius 2 is 1.50 bits per heavy atom. The topological polar surface area (TPSA) is 78.8 Å². The molecule has 1 N–H and O–H groups in total. The lowest BCUT2D eigenvalue weighted by atomic mass is 10.0. The molecule has 3 aromatic rings. The Morgan fingerprint density at radius 1 is 0.912 bits per heavy atom. The SMILES string of the molecule is Cc1ccc(S(=O)(=O)N(CC(=O)N/N=C\c2ccc(C(C)C)cc2)c2cc(C)cc(C)c2)cc1. The van der Waals surface area contributed by atoms with Gasteiger partial charge in [0.15, 0.2) is 0 Å². The zero-order valence-electron chi connectivity index (χ0n) is 20.2. The lowest BCUT2D eigenvalue weighted by Crippen LogP contribution is -2.39. The van der Waals surface area contributed by atoms with Crippen LogP contribution in [0, 0.1) is 20.8 Å². The summed E-state index contributed by atoms with van der Waals surface area (Å²) in [7, 11) is -3.97. The highest BCUT2D eigenvalue weighted by Crippen LogP contribution is 2.26. The summed E-state index contributed by atoms with van der Waals surface area (Å²) in [5.74, 6) is -0.109. The third-order valence-corrected chi connectivity index (χ3v) is 7.18. The molecule has 0 saturated heterocycles. The van der Waals surface area contributed by atoms with Crippen LogP contribution in [0.5, 0.6) is 0 Å². The van der Waals surface area contributed by atoms with E-state index < -0.39 is 22.5 Å². The Kier molecular flexibility index (Phi) is 7.89. The Morgan fingerprint density at radius 3 is 2.06 bits per heavy atom. The molecule has 0 fully saturated rings. The second-order valence-corrected chi connectivity index (χ2v) is 10.6. The van der Waals surface area contributed by atoms with Gasteiger partial charge in [-0.1, -0.05) is 61.9 Å². The normalized spacial score (nSPS) is 11.7. The van der Waals surface area contributed by atoms with Crippen molar-refractivity contribution in [2.24, 2.45) is 5.10 Å². The lowest BCUT2D eigenvalue weighted by Gasteiger charge is -2.24. The molecule has 178 valence electrons. The number of nitrogens with zero attached hydrogens (tertiary/aromatic N) is 2. The van der Waals surface area contributed by atoms with Gasteiger partial charge in [0.25, 0.3) is 15.9 Å². The van der Waals surface area contributed by atoms with Crippen LogP contribution >= 0.6 is 0 Å². The highest BCUT2D eigenvalue weighted by atomic mass is 32.2. The average molecular weight is 478 g/mol. The van der Waals surface area contributed by atoms with Gasteiger partial charge in [-0.15, -0.1) is 0 Å². The third kappa shape index (κ3) is 6.32. The van der Waals surface area contributed by atoms with Crippen LogP contribution in [0.2, 0.25) is 0 Å². The quantitative estimate of drug-likeness (QED) is 0.363. The molecule has 0 unspecified atom stereocenters. The second-order valence-electron chi connectivity index (χ2n) is 8.79. The van der Waals surface area contributed by atoms with Gasteiger partial charge in [-0.25, -0.2) is 13.8 Å². The van der Waals surface area contributed by atoms with Gasteiger partial charge in [0.2, 0.25) is 0 Å². The number of hydrogen-bond donors (Lipinski definition) is 1. The number of nitrogens with one attached hydrogen (secondary N) is 1. The van der Waals surface area contributed by atoms with Crippen LogP contribution in [-0.2, 0) is 14.8 Å². The number of carbonyl (C=O) groups is 1. The van der Waals surface area contributed by atoms with Gasteiger partial charge < -0.3 is 0 Å². The van der Waals surface area contributed by atoms with Crippen molar-refractivity contribution in [3.63, 3.8) is 0 Å². The summed E-state index contributed by atoms with van der Waals surface area (Å²) in [5, 5.41) is 4.02. The molecule has 0 aliphatic rings. The number of sulfonamides is 1. The van der Waals surface area contributed by atoms with Crippen molar-refractivity contribution in [2.45, 2.75) is 45.4 Å². The molecule has 0 spiro atoms. The molecule has 0 heterocycles. The van der Waals surface area contributed by atoms with E-state index in [1.165, 1.54) is 11.8 Å². The standard InChI is InChI=1S/C27H31N3O3S/c1-19(2)24-10-8-23(9-11-24)17-28-29-27(31)18-30(25-15-21(4)14-22(5)16-25)34(32,33)26-12-6-20(3)7-13-26/h6-17,19H,18H2,1-5H3,(H,29,31)/b28-17-. The van der Waals surface area contributed by atoms with E-state index in [0.717, 1.165) is 26.6 Å². The number of rotatable bonds is 8. The summed E-state index contributed by atoms with van der Waals surface area (Å²) in [5.41, 5.74) is 7.70. The largest absolute Gasteiger partial charge is 0.271 e. The number of anilines is 1. The van der Waals surface area contributed by atoms with E-state index in [1.807, 2.05) is 51.1 Å². The van der Waals surface area contributed by atoms with E-state index in [2.05, 4.69) is 24.4 Å². The maximum atomic E-state index is 13.5. The molecule has 1 amide bonds. The van der Waals surface area contributed by atoms with Crippen LogP contribution in [0.15, 0.2) is 76.7 Å². The van der Waals surface area contributed by atoms with Gasteiger partial charge in [0.05, 0.1) is 16.8 Å². The molecule has 3 aromatic carbocycles. The molecule has 6 nitrogen and oxygen atoms in total.